The summed E-state index contributed by atoms with van der Waals surface area (Å²) in [6, 6.07) is 9.39. The van der Waals surface area contributed by atoms with Gasteiger partial charge >= 0.3 is 5.97 Å². The molecule has 1 amide bonds. The summed E-state index contributed by atoms with van der Waals surface area (Å²) < 4.78 is 0. The van der Waals surface area contributed by atoms with E-state index in [1.54, 1.807) is 0 Å². The molecule has 0 bridgehead atoms. The number of nitrogens with one attached hydrogen (secondary N) is 1. The van der Waals surface area contributed by atoms with E-state index in [0.717, 1.165) is 5.56 Å². The highest BCUT2D eigenvalue weighted by atomic mass is 16.4. The predicted octanol–water partition coefficient (Wildman–Crippen LogP) is 1.63. The highest BCUT2D eigenvalue weighted by Gasteiger charge is 2.23. The molecule has 2 N–H and O–H groups in total. The average molecular weight is 235 g/mol. The summed E-state index contributed by atoms with van der Waals surface area (Å²) >= 11 is 0. The Kier molecular flexibility index (Phi) is 4.69. The second-order valence-corrected chi connectivity index (χ2v) is 4.24. The molecule has 0 aliphatic rings. The molecule has 0 aromatic heterocycles. The SMILES string of the molecule is CC(C)[C@H](C(=O)NCC(=O)O)c1ccccc1. The van der Waals surface area contributed by atoms with Gasteiger partial charge < -0.3 is 10.4 Å². The third kappa shape index (κ3) is 3.90. The number of carbonyl (C=O) groups excluding carboxylic acids is 1. The minimum absolute atomic E-state index is 0.117. The van der Waals surface area contributed by atoms with E-state index >= 15 is 0 Å². The van der Waals surface area contributed by atoms with Gasteiger partial charge in [0.05, 0.1) is 5.92 Å². The van der Waals surface area contributed by atoms with Gasteiger partial charge in [-0.05, 0) is 11.5 Å². The Labute approximate surface area is 101 Å². The van der Waals surface area contributed by atoms with Crippen molar-refractivity contribution in [2.75, 3.05) is 6.54 Å². The van der Waals surface area contributed by atoms with Crippen LogP contribution in [0.2, 0.25) is 0 Å². The van der Waals surface area contributed by atoms with E-state index < -0.39 is 5.97 Å². The number of aliphatic carboxylic acids is 1. The number of benzene rings is 1. The van der Waals surface area contributed by atoms with Crippen molar-refractivity contribution in [3.63, 3.8) is 0 Å². The Bertz CT molecular complexity index is 387. The van der Waals surface area contributed by atoms with Crippen molar-refractivity contribution in [2.45, 2.75) is 19.8 Å². The smallest absolute Gasteiger partial charge is 0.322 e. The van der Waals surface area contributed by atoms with Crippen LogP contribution in [0.25, 0.3) is 0 Å². The molecule has 1 atom stereocenters. The Morgan fingerprint density at radius 2 is 1.82 bits per heavy atom. The van der Waals surface area contributed by atoms with Gasteiger partial charge in [-0.3, -0.25) is 9.59 Å². The van der Waals surface area contributed by atoms with E-state index in [1.807, 2.05) is 44.2 Å². The van der Waals surface area contributed by atoms with E-state index in [9.17, 15) is 9.59 Å². The molecular formula is C13H17NO3. The topological polar surface area (TPSA) is 66.4 Å². The number of carbonyl (C=O) groups is 2. The lowest BCUT2D eigenvalue weighted by Gasteiger charge is -2.20. The van der Waals surface area contributed by atoms with Crippen LogP contribution >= 0.6 is 0 Å². The summed E-state index contributed by atoms with van der Waals surface area (Å²) in [5.74, 6) is -1.47. The van der Waals surface area contributed by atoms with Gasteiger partial charge in [-0.1, -0.05) is 44.2 Å². The highest BCUT2D eigenvalue weighted by molar-refractivity contribution is 5.86. The molecule has 0 aliphatic heterocycles. The van der Waals surface area contributed by atoms with Gasteiger partial charge in [0.2, 0.25) is 5.91 Å². The zero-order valence-electron chi connectivity index (χ0n) is 10.0. The summed E-state index contributed by atoms with van der Waals surface area (Å²) in [6.07, 6.45) is 0. The van der Waals surface area contributed by atoms with Crippen LogP contribution < -0.4 is 5.32 Å². The van der Waals surface area contributed by atoms with Crippen molar-refractivity contribution >= 4 is 11.9 Å². The van der Waals surface area contributed by atoms with E-state index in [1.165, 1.54) is 0 Å². The molecule has 0 heterocycles. The minimum atomic E-state index is -1.03. The first-order valence-electron chi connectivity index (χ1n) is 5.57. The molecule has 0 aliphatic carbocycles. The molecule has 17 heavy (non-hydrogen) atoms. The maximum absolute atomic E-state index is 11.9. The molecule has 1 aromatic carbocycles. The Hall–Kier alpha value is -1.84. The van der Waals surface area contributed by atoms with E-state index in [2.05, 4.69) is 5.32 Å². The molecule has 0 saturated carbocycles. The second kappa shape index (κ2) is 6.03. The van der Waals surface area contributed by atoms with Gasteiger partial charge in [-0.2, -0.15) is 0 Å². The van der Waals surface area contributed by atoms with Gasteiger partial charge in [0.15, 0.2) is 0 Å². The van der Waals surface area contributed by atoms with Crippen LogP contribution in [0.15, 0.2) is 30.3 Å². The average Bonchev–Trinajstić information content (AvgIpc) is 2.27. The van der Waals surface area contributed by atoms with Crippen LogP contribution in [-0.4, -0.2) is 23.5 Å². The third-order valence-electron chi connectivity index (χ3n) is 2.52. The fourth-order valence-corrected chi connectivity index (χ4v) is 1.77. The lowest BCUT2D eigenvalue weighted by atomic mass is 9.88. The summed E-state index contributed by atoms with van der Waals surface area (Å²) in [5.41, 5.74) is 0.908. The predicted molar refractivity (Wildman–Crippen MR) is 64.7 cm³/mol. The van der Waals surface area contributed by atoms with Crippen molar-refractivity contribution in [3.8, 4) is 0 Å². The molecule has 1 aromatic rings. The molecule has 0 saturated heterocycles. The molecule has 0 unspecified atom stereocenters. The summed E-state index contributed by atoms with van der Waals surface area (Å²) in [5, 5.41) is 11.0. The zero-order valence-corrected chi connectivity index (χ0v) is 10.0. The van der Waals surface area contributed by atoms with Crippen molar-refractivity contribution in [2.24, 2.45) is 5.92 Å². The first kappa shape index (κ1) is 13.2. The molecule has 4 heteroatoms. The quantitative estimate of drug-likeness (QED) is 0.815. The fourth-order valence-electron chi connectivity index (χ4n) is 1.77. The van der Waals surface area contributed by atoms with E-state index in [4.69, 9.17) is 5.11 Å². The molecule has 1 rings (SSSR count). The monoisotopic (exact) mass is 235 g/mol. The van der Waals surface area contributed by atoms with Gasteiger partial charge in [0.1, 0.15) is 6.54 Å². The van der Waals surface area contributed by atoms with Crippen molar-refractivity contribution in [1.29, 1.82) is 0 Å². The lowest BCUT2D eigenvalue weighted by molar-refractivity contribution is -0.138. The zero-order chi connectivity index (χ0) is 12.8. The largest absolute Gasteiger partial charge is 0.480 e. The van der Waals surface area contributed by atoms with E-state index in [0.29, 0.717) is 0 Å². The van der Waals surface area contributed by atoms with Crippen LogP contribution in [0.4, 0.5) is 0 Å². The van der Waals surface area contributed by atoms with Gasteiger partial charge in [0.25, 0.3) is 0 Å². The maximum atomic E-state index is 11.9. The molecule has 4 nitrogen and oxygen atoms in total. The summed E-state index contributed by atoms with van der Waals surface area (Å²) in [7, 11) is 0. The lowest BCUT2D eigenvalue weighted by Crippen LogP contribution is -2.35. The van der Waals surface area contributed by atoms with Crippen LogP contribution in [0.1, 0.15) is 25.3 Å². The number of carboxylic acid groups (broad SMARTS) is 1. The summed E-state index contributed by atoms with van der Waals surface area (Å²) in [6.45, 7) is 3.55. The third-order valence-corrected chi connectivity index (χ3v) is 2.52. The number of rotatable bonds is 5. The number of amides is 1. The summed E-state index contributed by atoms with van der Waals surface area (Å²) in [4.78, 5) is 22.3. The normalized spacial score (nSPS) is 12.2. The standard InChI is InChI=1S/C13H17NO3/c1-9(2)12(10-6-4-3-5-7-10)13(17)14-8-11(15)16/h3-7,9,12H,8H2,1-2H3,(H,14,17)(H,15,16)/t12-/m0/s1. The minimum Gasteiger partial charge on any atom is -0.480 e. The van der Waals surface area contributed by atoms with Crippen LogP contribution in [0.3, 0.4) is 0 Å². The van der Waals surface area contributed by atoms with Crippen LogP contribution in [-0.2, 0) is 9.59 Å². The fraction of sp³-hybridized carbons (Fsp3) is 0.385. The Morgan fingerprint density at radius 3 is 2.29 bits per heavy atom. The van der Waals surface area contributed by atoms with Crippen molar-refractivity contribution in [3.05, 3.63) is 35.9 Å². The molecule has 0 radical (unpaired) electrons. The first-order valence-corrected chi connectivity index (χ1v) is 5.57. The van der Waals surface area contributed by atoms with Crippen molar-refractivity contribution < 1.29 is 14.7 Å². The van der Waals surface area contributed by atoms with Crippen molar-refractivity contribution in [1.82, 2.24) is 5.32 Å². The highest BCUT2D eigenvalue weighted by Crippen LogP contribution is 2.24. The van der Waals surface area contributed by atoms with Crippen LogP contribution in [0, 0.1) is 5.92 Å². The second-order valence-electron chi connectivity index (χ2n) is 4.24. The van der Waals surface area contributed by atoms with Gasteiger partial charge in [-0.15, -0.1) is 0 Å². The maximum Gasteiger partial charge on any atom is 0.322 e. The molecule has 92 valence electrons. The Balaban J connectivity index is 2.80. The Morgan fingerprint density at radius 1 is 1.24 bits per heavy atom. The van der Waals surface area contributed by atoms with E-state index in [-0.39, 0.29) is 24.3 Å². The molecule has 0 spiro atoms. The first-order chi connectivity index (χ1) is 8.02. The van der Waals surface area contributed by atoms with Gasteiger partial charge in [0, 0.05) is 0 Å². The molecule has 0 fully saturated rings. The van der Waals surface area contributed by atoms with Gasteiger partial charge in [-0.25, -0.2) is 0 Å². The van der Waals surface area contributed by atoms with Crippen LogP contribution in [0.5, 0.6) is 0 Å². The number of carboxylic acids is 1. The molecular weight excluding hydrogens is 218 g/mol. The number of hydrogen-bond acceptors (Lipinski definition) is 2. The number of hydrogen-bond donors (Lipinski definition) is 2.